The fourth-order valence-corrected chi connectivity index (χ4v) is 5.18. The lowest BCUT2D eigenvalue weighted by atomic mass is 9.86. The summed E-state index contributed by atoms with van der Waals surface area (Å²) < 4.78 is 42.1. The Bertz CT molecular complexity index is 964. The van der Waals surface area contributed by atoms with Crippen LogP contribution in [0.25, 0.3) is 10.9 Å². The van der Waals surface area contributed by atoms with Crippen LogP contribution < -0.4 is 4.72 Å². The molecule has 1 heterocycles. The van der Waals surface area contributed by atoms with Crippen LogP contribution in [0.2, 0.25) is 0 Å². The Morgan fingerprint density at radius 1 is 1.33 bits per heavy atom. The van der Waals surface area contributed by atoms with Gasteiger partial charge in [-0.05, 0) is 43.7 Å². The van der Waals surface area contributed by atoms with Gasteiger partial charge >= 0.3 is 5.97 Å². The van der Waals surface area contributed by atoms with Gasteiger partial charge in [0.2, 0.25) is 10.0 Å². The third kappa shape index (κ3) is 3.85. The maximum atomic E-state index is 14.1. The summed E-state index contributed by atoms with van der Waals surface area (Å²) >= 11 is 0. The second-order valence-electron chi connectivity index (χ2n) is 7.53. The lowest BCUT2D eigenvalue weighted by Gasteiger charge is -2.42. The van der Waals surface area contributed by atoms with Crippen LogP contribution in [0, 0.1) is 11.7 Å². The lowest BCUT2D eigenvalue weighted by Crippen LogP contribution is -2.55. The van der Waals surface area contributed by atoms with Crippen LogP contribution in [-0.2, 0) is 14.8 Å². The summed E-state index contributed by atoms with van der Waals surface area (Å²) in [5, 5.41) is 9.15. The standard InChI is InChI=1S/C18H22FN3O4S/c19-14-2-1-3-15-18(14)16(8-20-15)27(25,26)21-12-6-13(7-12)22(10-17(23)24)9-11-4-5-11/h1-3,8,11-13,20-21H,4-7,9-10H2,(H,23,24). The van der Waals surface area contributed by atoms with Gasteiger partial charge in [0.05, 0.1) is 11.9 Å². The Hall–Kier alpha value is -1.97. The van der Waals surface area contributed by atoms with Gasteiger partial charge in [0.25, 0.3) is 0 Å². The van der Waals surface area contributed by atoms with Crippen molar-refractivity contribution in [1.82, 2.24) is 14.6 Å². The maximum absolute atomic E-state index is 14.1. The van der Waals surface area contributed by atoms with E-state index in [9.17, 15) is 17.6 Å². The first-order chi connectivity index (χ1) is 12.8. The van der Waals surface area contributed by atoms with Crippen molar-refractivity contribution in [3.8, 4) is 0 Å². The molecule has 2 aromatic rings. The number of aliphatic carboxylic acids is 1. The molecule has 0 unspecified atom stereocenters. The maximum Gasteiger partial charge on any atom is 0.317 e. The molecule has 9 heteroatoms. The molecule has 146 valence electrons. The highest BCUT2D eigenvalue weighted by molar-refractivity contribution is 7.89. The van der Waals surface area contributed by atoms with Crippen LogP contribution in [0.15, 0.2) is 29.3 Å². The second-order valence-corrected chi connectivity index (χ2v) is 9.21. The quantitative estimate of drug-likeness (QED) is 0.634. The molecule has 27 heavy (non-hydrogen) atoms. The molecule has 0 radical (unpaired) electrons. The van der Waals surface area contributed by atoms with Crippen LogP contribution in [0.4, 0.5) is 4.39 Å². The molecule has 0 amide bonds. The third-order valence-corrected chi connectivity index (χ3v) is 6.93. The van der Waals surface area contributed by atoms with Crippen molar-refractivity contribution >= 4 is 26.9 Å². The topological polar surface area (TPSA) is 102 Å². The van der Waals surface area contributed by atoms with Gasteiger partial charge in [-0.15, -0.1) is 0 Å². The Kier molecular flexibility index (Phi) is 4.69. The number of aromatic nitrogens is 1. The molecule has 0 bridgehead atoms. The van der Waals surface area contributed by atoms with Crippen LogP contribution in [0.3, 0.4) is 0 Å². The summed E-state index contributed by atoms with van der Waals surface area (Å²) in [5.41, 5.74) is 0.430. The molecule has 0 atom stereocenters. The number of sulfonamides is 1. The van der Waals surface area contributed by atoms with E-state index in [1.165, 1.54) is 18.3 Å². The zero-order valence-corrected chi connectivity index (χ0v) is 15.5. The summed E-state index contributed by atoms with van der Waals surface area (Å²) in [6.45, 7) is 0.735. The number of nitrogens with one attached hydrogen (secondary N) is 2. The van der Waals surface area contributed by atoms with E-state index in [1.54, 1.807) is 6.07 Å². The molecular formula is C18H22FN3O4S. The van der Waals surface area contributed by atoms with E-state index in [2.05, 4.69) is 9.71 Å². The van der Waals surface area contributed by atoms with Crippen molar-refractivity contribution in [2.45, 2.75) is 42.7 Å². The number of aromatic amines is 1. The number of hydrogen-bond donors (Lipinski definition) is 3. The number of nitrogens with zero attached hydrogens (tertiary/aromatic N) is 1. The Morgan fingerprint density at radius 3 is 2.74 bits per heavy atom. The molecule has 2 aliphatic carbocycles. The van der Waals surface area contributed by atoms with E-state index in [1.807, 2.05) is 4.90 Å². The van der Waals surface area contributed by atoms with Crippen molar-refractivity contribution in [2.24, 2.45) is 5.92 Å². The highest BCUT2D eigenvalue weighted by Gasteiger charge is 2.39. The highest BCUT2D eigenvalue weighted by atomic mass is 32.2. The molecule has 0 spiro atoms. The first-order valence-electron chi connectivity index (χ1n) is 9.07. The number of carbonyl (C=O) groups is 1. The van der Waals surface area contributed by atoms with Gasteiger partial charge in [-0.3, -0.25) is 9.69 Å². The van der Waals surface area contributed by atoms with Gasteiger partial charge < -0.3 is 10.1 Å². The molecule has 7 nitrogen and oxygen atoms in total. The minimum atomic E-state index is -3.87. The Labute approximate surface area is 156 Å². The molecule has 1 aromatic heterocycles. The van der Waals surface area contributed by atoms with Gasteiger partial charge in [0.15, 0.2) is 0 Å². The second kappa shape index (κ2) is 6.88. The number of rotatable bonds is 8. The molecule has 4 rings (SSSR count). The fraction of sp³-hybridized carbons (Fsp3) is 0.500. The summed E-state index contributed by atoms with van der Waals surface area (Å²) in [6, 6.07) is 4.17. The van der Waals surface area contributed by atoms with Crippen molar-refractivity contribution in [3.63, 3.8) is 0 Å². The molecule has 3 N–H and O–H groups in total. The molecule has 1 aromatic carbocycles. The van der Waals surface area contributed by atoms with Gasteiger partial charge in [-0.1, -0.05) is 6.07 Å². The van der Waals surface area contributed by atoms with E-state index < -0.39 is 21.8 Å². The molecular weight excluding hydrogens is 373 g/mol. The molecule has 2 fully saturated rings. The number of fused-ring (bicyclic) bond motifs is 1. The van der Waals surface area contributed by atoms with Crippen molar-refractivity contribution in [1.29, 1.82) is 0 Å². The average molecular weight is 395 g/mol. The first kappa shape index (κ1) is 18.4. The van der Waals surface area contributed by atoms with Crippen molar-refractivity contribution < 1.29 is 22.7 Å². The number of H-pyrrole nitrogens is 1. The monoisotopic (exact) mass is 395 g/mol. The van der Waals surface area contributed by atoms with E-state index in [4.69, 9.17) is 5.11 Å². The SMILES string of the molecule is O=C(O)CN(CC1CC1)C1CC(NS(=O)(=O)c2c[nH]c3cccc(F)c23)C1. The van der Waals surface area contributed by atoms with E-state index in [0.717, 1.165) is 19.4 Å². The average Bonchev–Trinajstić information content (AvgIpc) is 3.24. The Morgan fingerprint density at radius 2 is 2.07 bits per heavy atom. The van der Waals surface area contributed by atoms with Crippen LogP contribution in [0.1, 0.15) is 25.7 Å². The van der Waals surface area contributed by atoms with Crippen LogP contribution in [0.5, 0.6) is 0 Å². The van der Waals surface area contributed by atoms with E-state index in [0.29, 0.717) is 24.3 Å². The molecule has 2 saturated carbocycles. The highest BCUT2D eigenvalue weighted by Crippen LogP contribution is 2.34. The minimum absolute atomic E-state index is 0.0195. The fourth-order valence-electron chi connectivity index (χ4n) is 3.74. The number of halogens is 1. The normalized spacial score (nSPS) is 22.9. The van der Waals surface area contributed by atoms with E-state index in [-0.39, 0.29) is 28.9 Å². The number of carboxylic acids is 1. The van der Waals surface area contributed by atoms with E-state index >= 15 is 0 Å². The number of hydrogen-bond acceptors (Lipinski definition) is 4. The van der Waals surface area contributed by atoms with Crippen LogP contribution >= 0.6 is 0 Å². The lowest BCUT2D eigenvalue weighted by molar-refractivity contribution is -0.139. The van der Waals surface area contributed by atoms with Crippen molar-refractivity contribution in [2.75, 3.05) is 13.1 Å². The molecule has 2 aliphatic rings. The van der Waals surface area contributed by atoms with Gasteiger partial charge in [0.1, 0.15) is 10.7 Å². The zero-order valence-electron chi connectivity index (χ0n) is 14.7. The molecule has 0 aliphatic heterocycles. The van der Waals surface area contributed by atoms with Gasteiger partial charge in [-0.2, -0.15) is 0 Å². The number of benzene rings is 1. The van der Waals surface area contributed by atoms with Gasteiger partial charge in [-0.25, -0.2) is 17.5 Å². The summed E-state index contributed by atoms with van der Waals surface area (Å²) in [5.74, 6) is -0.888. The summed E-state index contributed by atoms with van der Waals surface area (Å²) in [6.07, 6.45) is 4.68. The largest absolute Gasteiger partial charge is 0.480 e. The summed E-state index contributed by atoms with van der Waals surface area (Å²) in [4.78, 5) is 15.7. The third-order valence-electron chi connectivity index (χ3n) is 5.39. The van der Waals surface area contributed by atoms with Gasteiger partial charge in [0, 0.05) is 30.3 Å². The predicted molar refractivity (Wildman–Crippen MR) is 97.3 cm³/mol. The predicted octanol–water partition coefficient (Wildman–Crippen LogP) is 1.91. The minimum Gasteiger partial charge on any atom is -0.480 e. The summed E-state index contributed by atoms with van der Waals surface area (Å²) in [7, 11) is -3.87. The Balaban J connectivity index is 1.43. The first-order valence-corrected chi connectivity index (χ1v) is 10.6. The zero-order chi connectivity index (χ0) is 19.2. The smallest absolute Gasteiger partial charge is 0.317 e. The van der Waals surface area contributed by atoms with Crippen molar-refractivity contribution in [3.05, 3.63) is 30.2 Å². The van der Waals surface area contributed by atoms with Crippen LogP contribution in [-0.4, -0.2) is 54.6 Å². The number of carboxylic acid groups (broad SMARTS) is 1. The molecule has 0 saturated heterocycles.